The highest BCUT2D eigenvalue weighted by molar-refractivity contribution is 7.23. The molecule has 0 aromatic heterocycles. The zero-order valence-electron chi connectivity index (χ0n) is 10.3. The van der Waals surface area contributed by atoms with Crippen molar-refractivity contribution in [2.45, 2.75) is 6.92 Å². The lowest BCUT2D eigenvalue weighted by Gasteiger charge is -2.02. The normalized spacial score (nSPS) is 9.61. The van der Waals surface area contributed by atoms with Crippen LogP contribution in [0.15, 0.2) is 48.5 Å². The minimum atomic E-state index is 0.248. The van der Waals surface area contributed by atoms with Crippen molar-refractivity contribution < 1.29 is 4.57 Å². The van der Waals surface area contributed by atoms with E-state index < -0.39 is 0 Å². The van der Waals surface area contributed by atoms with Gasteiger partial charge in [-0.25, -0.2) is 0 Å². The molecule has 4 N–H and O–H groups in total. The fraction of sp³-hybridized carbons (Fsp3) is 0.143. The zero-order valence-corrected chi connectivity index (χ0v) is 11.2. The van der Waals surface area contributed by atoms with Crippen LogP contribution in [0.5, 0.6) is 0 Å². The van der Waals surface area contributed by atoms with Crippen LogP contribution in [0.4, 0.5) is 11.4 Å². The lowest BCUT2D eigenvalue weighted by atomic mass is 10.1. The second-order valence-electron chi connectivity index (χ2n) is 3.69. The highest BCUT2D eigenvalue weighted by Crippen LogP contribution is 2.21. The first-order valence-electron chi connectivity index (χ1n) is 5.68. The highest BCUT2D eigenvalue weighted by Gasteiger charge is 1.95. The molecule has 0 radical (unpaired) electrons. The van der Waals surface area contributed by atoms with Crippen LogP contribution in [-0.4, -0.2) is 6.16 Å². The number of nitrogen functional groups attached to an aromatic ring is 2. The van der Waals surface area contributed by atoms with Crippen molar-refractivity contribution in [1.82, 2.24) is 0 Å². The standard InChI is InChI=1S/C12H12N2.C2H5OP/c13-11-5-1-9(2-6-11)10-3-7-12(14)8-4-10;1-2-4-3/h1-8H,13-14H2;2H2,1H3. The summed E-state index contributed by atoms with van der Waals surface area (Å²) < 4.78 is 9.27. The minimum Gasteiger partial charge on any atom is -0.399 e. The SMILES string of the molecule is CCP=O.Nc1ccc(-c2ccc(N)cc2)cc1. The maximum Gasteiger partial charge on any atom is 0.154 e. The molecule has 18 heavy (non-hydrogen) atoms. The molecule has 0 heterocycles. The molecule has 4 heteroatoms. The molecule has 2 rings (SSSR count). The van der Waals surface area contributed by atoms with E-state index in [0.717, 1.165) is 28.7 Å². The predicted molar refractivity (Wildman–Crippen MR) is 78.9 cm³/mol. The molecular weight excluding hydrogens is 243 g/mol. The average molecular weight is 260 g/mol. The van der Waals surface area contributed by atoms with Crippen LogP contribution in [0, 0.1) is 0 Å². The van der Waals surface area contributed by atoms with Gasteiger partial charge in [-0.05, 0) is 35.4 Å². The van der Waals surface area contributed by atoms with Gasteiger partial charge in [0, 0.05) is 17.5 Å². The fourth-order valence-corrected chi connectivity index (χ4v) is 1.35. The molecule has 0 amide bonds. The van der Waals surface area contributed by atoms with Crippen molar-refractivity contribution in [1.29, 1.82) is 0 Å². The second-order valence-corrected chi connectivity index (χ2v) is 4.58. The first kappa shape index (κ1) is 14.2. The lowest BCUT2D eigenvalue weighted by Crippen LogP contribution is -1.85. The van der Waals surface area contributed by atoms with Gasteiger partial charge in [0.25, 0.3) is 0 Å². The molecule has 3 nitrogen and oxygen atoms in total. The molecule has 0 unspecified atom stereocenters. The number of hydrogen-bond donors (Lipinski definition) is 2. The van der Waals surface area contributed by atoms with Gasteiger partial charge >= 0.3 is 0 Å². The summed E-state index contributed by atoms with van der Waals surface area (Å²) in [4.78, 5) is 0. The van der Waals surface area contributed by atoms with Gasteiger partial charge < -0.3 is 11.5 Å². The Kier molecular flexibility index (Phi) is 5.89. The van der Waals surface area contributed by atoms with E-state index in [-0.39, 0.29) is 8.46 Å². The van der Waals surface area contributed by atoms with E-state index in [2.05, 4.69) is 0 Å². The summed E-state index contributed by atoms with van der Waals surface area (Å²) in [6.45, 7) is 1.86. The summed E-state index contributed by atoms with van der Waals surface area (Å²) in [5.74, 6) is 0. The van der Waals surface area contributed by atoms with Crippen LogP contribution in [0.2, 0.25) is 0 Å². The van der Waals surface area contributed by atoms with Crippen LogP contribution in [-0.2, 0) is 4.57 Å². The minimum absolute atomic E-state index is 0.248. The van der Waals surface area contributed by atoms with Crippen molar-refractivity contribution in [3.05, 3.63) is 48.5 Å². The van der Waals surface area contributed by atoms with E-state index in [1.165, 1.54) is 0 Å². The summed E-state index contributed by atoms with van der Waals surface area (Å²) in [5.41, 5.74) is 15.1. The van der Waals surface area contributed by atoms with Gasteiger partial charge in [-0.15, -0.1) is 0 Å². The third-order valence-corrected chi connectivity index (χ3v) is 2.54. The van der Waals surface area contributed by atoms with Crippen molar-refractivity contribution in [2.24, 2.45) is 0 Å². The van der Waals surface area contributed by atoms with Crippen molar-refractivity contribution >= 4 is 19.8 Å². The van der Waals surface area contributed by atoms with Gasteiger partial charge in [0.2, 0.25) is 0 Å². The Labute approximate surface area is 109 Å². The van der Waals surface area contributed by atoms with E-state index in [1.54, 1.807) is 0 Å². The van der Waals surface area contributed by atoms with E-state index in [1.807, 2.05) is 55.5 Å². The summed E-state index contributed by atoms with van der Waals surface area (Å²) in [5, 5.41) is 0. The van der Waals surface area contributed by atoms with Gasteiger partial charge in [0.05, 0.1) is 0 Å². The Balaban J connectivity index is 0.000000357. The highest BCUT2D eigenvalue weighted by atomic mass is 31.1. The Bertz CT molecular complexity index is 437. The van der Waals surface area contributed by atoms with Gasteiger partial charge in [-0.1, -0.05) is 31.2 Å². The van der Waals surface area contributed by atoms with E-state index >= 15 is 0 Å². The second kappa shape index (κ2) is 7.46. The summed E-state index contributed by atoms with van der Waals surface area (Å²) in [6.07, 6.45) is 0.736. The Morgan fingerprint density at radius 1 is 0.833 bits per heavy atom. The Morgan fingerprint density at radius 2 is 1.11 bits per heavy atom. The quantitative estimate of drug-likeness (QED) is 0.637. The van der Waals surface area contributed by atoms with Crippen molar-refractivity contribution in [2.75, 3.05) is 17.6 Å². The lowest BCUT2D eigenvalue weighted by molar-refractivity contribution is 0.599. The maximum absolute atomic E-state index is 9.27. The van der Waals surface area contributed by atoms with Gasteiger partial charge in [-0.2, -0.15) is 0 Å². The molecule has 0 aliphatic heterocycles. The summed E-state index contributed by atoms with van der Waals surface area (Å²) in [6, 6.07) is 15.6. The van der Waals surface area contributed by atoms with Crippen LogP contribution in [0.3, 0.4) is 0 Å². The third-order valence-electron chi connectivity index (χ3n) is 2.28. The topological polar surface area (TPSA) is 69.1 Å². The number of rotatable bonds is 2. The molecule has 0 bridgehead atoms. The largest absolute Gasteiger partial charge is 0.399 e. The molecule has 0 aliphatic carbocycles. The molecular formula is C14H17N2OP. The monoisotopic (exact) mass is 260 g/mol. The molecule has 0 saturated heterocycles. The smallest absolute Gasteiger partial charge is 0.154 e. The Hall–Kier alpha value is -1.86. The molecule has 0 spiro atoms. The van der Waals surface area contributed by atoms with Crippen LogP contribution in [0.1, 0.15) is 6.92 Å². The molecule has 0 aliphatic rings. The predicted octanol–water partition coefficient (Wildman–Crippen LogP) is 3.82. The number of hydrogen-bond acceptors (Lipinski definition) is 3. The summed E-state index contributed by atoms with van der Waals surface area (Å²) in [7, 11) is 0.248. The first-order chi connectivity index (χ1) is 8.67. The molecule has 2 aromatic rings. The maximum atomic E-state index is 9.27. The van der Waals surface area contributed by atoms with Crippen LogP contribution >= 0.6 is 8.46 Å². The molecule has 94 valence electrons. The average Bonchev–Trinajstić information content (AvgIpc) is 2.41. The first-order valence-corrected chi connectivity index (χ1v) is 6.67. The van der Waals surface area contributed by atoms with E-state index in [9.17, 15) is 4.57 Å². The Morgan fingerprint density at radius 3 is 1.33 bits per heavy atom. The number of benzene rings is 2. The van der Waals surface area contributed by atoms with Crippen molar-refractivity contribution in [3.63, 3.8) is 0 Å². The van der Waals surface area contributed by atoms with Crippen LogP contribution in [0.25, 0.3) is 11.1 Å². The van der Waals surface area contributed by atoms with Gasteiger partial charge in [-0.3, -0.25) is 4.57 Å². The van der Waals surface area contributed by atoms with Gasteiger partial charge in [0.15, 0.2) is 8.46 Å². The molecule has 0 saturated carbocycles. The van der Waals surface area contributed by atoms with Crippen molar-refractivity contribution in [3.8, 4) is 11.1 Å². The molecule has 0 atom stereocenters. The summed E-state index contributed by atoms with van der Waals surface area (Å²) >= 11 is 0. The fourth-order valence-electron chi connectivity index (χ4n) is 1.35. The van der Waals surface area contributed by atoms with Crippen LogP contribution < -0.4 is 11.5 Å². The zero-order chi connectivity index (χ0) is 13.4. The number of nitrogens with two attached hydrogens (primary N) is 2. The molecule has 2 aromatic carbocycles. The van der Waals surface area contributed by atoms with Gasteiger partial charge in [0.1, 0.15) is 0 Å². The number of anilines is 2. The van der Waals surface area contributed by atoms with E-state index in [4.69, 9.17) is 11.5 Å². The molecule has 0 fully saturated rings. The third kappa shape index (κ3) is 4.56. The van der Waals surface area contributed by atoms with E-state index in [0.29, 0.717) is 0 Å².